The summed E-state index contributed by atoms with van der Waals surface area (Å²) in [5, 5.41) is 11.9. The van der Waals surface area contributed by atoms with Gasteiger partial charge in [-0.3, -0.25) is 4.79 Å². The minimum absolute atomic E-state index is 0.132. The normalized spacial score (nSPS) is 13.2. The van der Waals surface area contributed by atoms with Crippen LogP contribution in [0, 0.1) is 0 Å². The molecule has 2 heterocycles. The summed E-state index contributed by atoms with van der Waals surface area (Å²) in [5.41, 5.74) is 1.57. The molecule has 4 rings (SSSR count). The molecule has 0 aliphatic carbocycles. The second-order valence-electron chi connectivity index (χ2n) is 6.60. The van der Waals surface area contributed by atoms with Gasteiger partial charge in [0.2, 0.25) is 12.7 Å². The summed E-state index contributed by atoms with van der Waals surface area (Å²) < 4.78 is 18.0. The van der Waals surface area contributed by atoms with Crippen LogP contribution in [-0.4, -0.2) is 39.8 Å². The monoisotopic (exact) mass is 426 g/mol. The molecule has 3 aromatic rings. The fourth-order valence-electron chi connectivity index (χ4n) is 3.07. The number of carbonyl (C=O) groups is 1. The molecular formula is C21H22N4O4S. The Morgan fingerprint density at radius 2 is 2.07 bits per heavy atom. The van der Waals surface area contributed by atoms with Crippen LogP contribution in [-0.2, 0) is 11.3 Å². The molecule has 0 saturated heterocycles. The minimum atomic E-state index is -0.372. The average Bonchev–Trinajstić information content (AvgIpc) is 3.39. The van der Waals surface area contributed by atoms with Crippen LogP contribution in [0.4, 0.5) is 5.69 Å². The zero-order chi connectivity index (χ0) is 21.1. The van der Waals surface area contributed by atoms with Crippen molar-refractivity contribution >= 4 is 23.4 Å². The van der Waals surface area contributed by atoms with Crippen LogP contribution < -0.4 is 19.5 Å². The zero-order valence-electron chi connectivity index (χ0n) is 16.9. The number of carbonyl (C=O) groups excluding carboxylic acids is 1. The van der Waals surface area contributed by atoms with Crippen LogP contribution in [0.1, 0.15) is 13.8 Å². The number of hydrogen-bond donors (Lipinski definition) is 1. The lowest BCUT2D eigenvalue weighted by Crippen LogP contribution is -2.22. The molecule has 1 aromatic heterocycles. The standard InChI is InChI=1S/C21H22N4O4S/c1-4-25-19(14-6-5-7-16(10-14)27-3)23-24-21(25)30-13(2)20(26)22-15-8-9-17-18(11-15)29-12-28-17/h5-11,13H,4,12H2,1-3H3,(H,22,26)/t13-/m0/s1. The lowest BCUT2D eigenvalue weighted by Gasteiger charge is -2.13. The molecule has 0 unspecified atom stereocenters. The first kappa shape index (κ1) is 20.1. The van der Waals surface area contributed by atoms with E-state index in [9.17, 15) is 4.79 Å². The molecule has 0 bridgehead atoms. The summed E-state index contributed by atoms with van der Waals surface area (Å²) in [6, 6.07) is 13.0. The quantitative estimate of drug-likeness (QED) is 0.575. The number of hydrogen-bond acceptors (Lipinski definition) is 7. The number of nitrogens with one attached hydrogen (secondary N) is 1. The maximum Gasteiger partial charge on any atom is 0.237 e. The number of amides is 1. The van der Waals surface area contributed by atoms with Crippen LogP contribution in [0.15, 0.2) is 47.6 Å². The van der Waals surface area contributed by atoms with Crippen LogP contribution in [0.5, 0.6) is 17.2 Å². The van der Waals surface area contributed by atoms with E-state index in [1.807, 2.05) is 42.7 Å². The van der Waals surface area contributed by atoms with Gasteiger partial charge >= 0.3 is 0 Å². The molecule has 2 aromatic carbocycles. The molecule has 156 valence electrons. The molecule has 1 aliphatic heterocycles. The number of benzene rings is 2. The van der Waals surface area contributed by atoms with E-state index >= 15 is 0 Å². The van der Waals surface area contributed by atoms with Gasteiger partial charge in [-0.25, -0.2) is 0 Å². The van der Waals surface area contributed by atoms with Crippen molar-refractivity contribution in [1.29, 1.82) is 0 Å². The van der Waals surface area contributed by atoms with Crippen molar-refractivity contribution in [3.05, 3.63) is 42.5 Å². The van der Waals surface area contributed by atoms with E-state index in [0.717, 1.165) is 17.1 Å². The van der Waals surface area contributed by atoms with Crippen LogP contribution in [0.3, 0.4) is 0 Å². The van der Waals surface area contributed by atoms with Gasteiger partial charge in [0.15, 0.2) is 22.5 Å². The van der Waals surface area contributed by atoms with E-state index < -0.39 is 0 Å². The lowest BCUT2D eigenvalue weighted by molar-refractivity contribution is -0.115. The second kappa shape index (κ2) is 8.66. The summed E-state index contributed by atoms with van der Waals surface area (Å²) in [4.78, 5) is 12.7. The molecule has 0 saturated carbocycles. The van der Waals surface area contributed by atoms with E-state index in [-0.39, 0.29) is 18.0 Å². The lowest BCUT2D eigenvalue weighted by atomic mass is 10.2. The highest BCUT2D eigenvalue weighted by atomic mass is 32.2. The number of thioether (sulfide) groups is 1. The molecule has 0 spiro atoms. The molecule has 1 amide bonds. The molecule has 1 aliphatic rings. The maximum atomic E-state index is 12.7. The van der Waals surface area contributed by atoms with Crippen molar-refractivity contribution in [2.75, 3.05) is 19.2 Å². The van der Waals surface area contributed by atoms with E-state index in [0.29, 0.717) is 28.9 Å². The van der Waals surface area contributed by atoms with Gasteiger partial charge in [0.05, 0.1) is 12.4 Å². The predicted molar refractivity (Wildman–Crippen MR) is 114 cm³/mol. The zero-order valence-corrected chi connectivity index (χ0v) is 17.7. The molecule has 9 heteroatoms. The summed E-state index contributed by atoms with van der Waals surface area (Å²) in [6.07, 6.45) is 0. The third kappa shape index (κ3) is 4.06. The third-order valence-electron chi connectivity index (χ3n) is 4.65. The van der Waals surface area contributed by atoms with Crippen molar-refractivity contribution in [2.24, 2.45) is 0 Å². The van der Waals surface area contributed by atoms with Gasteiger partial charge in [-0.2, -0.15) is 0 Å². The highest BCUT2D eigenvalue weighted by Gasteiger charge is 2.21. The van der Waals surface area contributed by atoms with Crippen LogP contribution in [0.2, 0.25) is 0 Å². The third-order valence-corrected chi connectivity index (χ3v) is 5.73. The molecule has 1 atom stereocenters. The van der Waals surface area contributed by atoms with Crippen LogP contribution in [0.25, 0.3) is 11.4 Å². The van der Waals surface area contributed by atoms with E-state index in [1.54, 1.807) is 25.3 Å². The molecule has 0 fully saturated rings. The first-order valence-electron chi connectivity index (χ1n) is 9.54. The number of ether oxygens (including phenoxy) is 3. The largest absolute Gasteiger partial charge is 0.497 e. The molecule has 30 heavy (non-hydrogen) atoms. The van der Waals surface area contributed by atoms with Crippen molar-refractivity contribution < 1.29 is 19.0 Å². The van der Waals surface area contributed by atoms with Crippen LogP contribution >= 0.6 is 11.8 Å². The smallest absolute Gasteiger partial charge is 0.237 e. The first-order valence-corrected chi connectivity index (χ1v) is 10.4. The highest BCUT2D eigenvalue weighted by Crippen LogP contribution is 2.35. The Labute approximate surface area is 178 Å². The average molecular weight is 426 g/mol. The van der Waals surface area contributed by atoms with Gasteiger partial charge in [0.1, 0.15) is 5.75 Å². The van der Waals surface area contributed by atoms with Crippen molar-refractivity contribution in [3.63, 3.8) is 0 Å². The Kier molecular flexibility index (Phi) is 5.80. The number of fused-ring (bicyclic) bond motifs is 1. The molecular weight excluding hydrogens is 404 g/mol. The number of methoxy groups -OCH3 is 1. The molecule has 1 N–H and O–H groups in total. The van der Waals surface area contributed by atoms with E-state index in [1.165, 1.54) is 11.8 Å². The fourth-order valence-corrected chi connectivity index (χ4v) is 3.98. The Hall–Kier alpha value is -3.20. The Bertz CT molecular complexity index is 1070. The summed E-state index contributed by atoms with van der Waals surface area (Å²) in [5.74, 6) is 2.66. The van der Waals surface area contributed by atoms with Gasteiger partial charge in [-0.1, -0.05) is 23.9 Å². The number of nitrogens with zero attached hydrogens (tertiary/aromatic N) is 3. The van der Waals surface area contributed by atoms with E-state index in [2.05, 4.69) is 15.5 Å². The van der Waals surface area contributed by atoms with Gasteiger partial charge in [-0.15, -0.1) is 10.2 Å². The minimum Gasteiger partial charge on any atom is -0.497 e. The van der Waals surface area contributed by atoms with Gasteiger partial charge in [0, 0.05) is 23.9 Å². The second-order valence-corrected chi connectivity index (χ2v) is 7.91. The SMILES string of the molecule is CCn1c(S[C@@H](C)C(=O)Nc2ccc3c(c2)OCO3)nnc1-c1cccc(OC)c1. The summed E-state index contributed by atoms with van der Waals surface area (Å²) >= 11 is 1.36. The topological polar surface area (TPSA) is 87.5 Å². The Morgan fingerprint density at radius 3 is 2.87 bits per heavy atom. The van der Waals surface area contributed by atoms with Crippen molar-refractivity contribution in [2.45, 2.75) is 30.8 Å². The maximum absolute atomic E-state index is 12.7. The van der Waals surface area contributed by atoms with Crippen molar-refractivity contribution in [3.8, 4) is 28.6 Å². The highest BCUT2D eigenvalue weighted by molar-refractivity contribution is 8.00. The van der Waals surface area contributed by atoms with Gasteiger partial charge < -0.3 is 24.1 Å². The van der Waals surface area contributed by atoms with Gasteiger partial charge in [-0.05, 0) is 38.1 Å². The van der Waals surface area contributed by atoms with E-state index in [4.69, 9.17) is 14.2 Å². The predicted octanol–water partition coefficient (Wildman–Crippen LogP) is 3.82. The number of aromatic nitrogens is 3. The first-order chi connectivity index (χ1) is 14.6. The Balaban J connectivity index is 1.48. The molecule has 8 nitrogen and oxygen atoms in total. The number of anilines is 1. The summed E-state index contributed by atoms with van der Waals surface area (Å²) in [7, 11) is 1.63. The number of rotatable bonds is 7. The summed E-state index contributed by atoms with van der Waals surface area (Å²) in [6.45, 7) is 4.74. The Morgan fingerprint density at radius 1 is 1.23 bits per heavy atom. The van der Waals surface area contributed by atoms with Gasteiger partial charge in [0.25, 0.3) is 0 Å². The fraction of sp³-hybridized carbons (Fsp3) is 0.286. The molecule has 0 radical (unpaired) electrons. The van der Waals surface area contributed by atoms with Crippen molar-refractivity contribution in [1.82, 2.24) is 14.8 Å².